The molecule has 1 fully saturated rings. The molecule has 9 nitrogen and oxygen atoms in total. The number of halogens is 1. The molecule has 3 atom stereocenters. The first-order valence-corrected chi connectivity index (χ1v) is 12.0. The maximum atomic E-state index is 14.2. The SMILES string of the molecule is CC1(O)CCCC(Nc2cc(-c3ccc4cc(C#N)cnn34)ncc2C(=O)NC[C@@H](F)C(C)(C)O)C1. The topological polar surface area (TPSA) is 136 Å². The molecule has 0 spiro atoms. The first-order chi connectivity index (χ1) is 17.0. The number of pyridine rings is 1. The lowest BCUT2D eigenvalue weighted by Gasteiger charge is -2.35. The van der Waals surface area contributed by atoms with Crippen molar-refractivity contribution in [3.8, 4) is 17.5 Å². The Morgan fingerprint density at radius 1 is 1.39 bits per heavy atom. The number of anilines is 1. The molecule has 0 aromatic carbocycles. The Labute approximate surface area is 209 Å². The van der Waals surface area contributed by atoms with Crippen LogP contribution in [0.15, 0.2) is 36.7 Å². The normalized spacial score (nSPS) is 21.1. The van der Waals surface area contributed by atoms with Crippen molar-refractivity contribution in [3.05, 3.63) is 47.8 Å². The number of alkyl halides is 1. The van der Waals surface area contributed by atoms with Crippen LogP contribution >= 0.6 is 0 Å². The highest BCUT2D eigenvalue weighted by Gasteiger charge is 2.31. The van der Waals surface area contributed by atoms with Crippen LogP contribution in [-0.4, -0.2) is 60.7 Å². The molecule has 1 amide bonds. The van der Waals surface area contributed by atoms with Gasteiger partial charge in [-0.05, 0) is 70.7 Å². The third kappa shape index (κ3) is 5.64. The second-order valence-electron chi connectivity index (χ2n) is 10.3. The minimum atomic E-state index is -1.64. The van der Waals surface area contributed by atoms with Gasteiger partial charge in [-0.1, -0.05) is 0 Å². The van der Waals surface area contributed by atoms with Crippen molar-refractivity contribution in [2.45, 2.75) is 69.9 Å². The van der Waals surface area contributed by atoms with E-state index in [0.717, 1.165) is 18.4 Å². The maximum Gasteiger partial charge on any atom is 0.255 e. The fourth-order valence-electron chi connectivity index (χ4n) is 4.48. The summed E-state index contributed by atoms with van der Waals surface area (Å²) in [6.07, 6.45) is 4.15. The predicted molar refractivity (Wildman–Crippen MR) is 133 cm³/mol. The van der Waals surface area contributed by atoms with Gasteiger partial charge in [0.1, 0.15) is 12.2 Å². The number of amides is 1. The molecule has 1 aliphatic rings. The number of carbonyl (C=O) groups is 1. The van der Waals surface area contributed by atoms with E-state index >= 15 is 0 Å². The number of aliphatic hydroxyl groups is 2. The van der Waals surface area contributed by atoms with Crippen LogP contribution in [0.5, 0.6) is 0 Å². The Bertz CT molecular complexity index is 1310. The third-order valence-corrected chi connectivity index (χ3v) is 6.56. The molecule has 2 unspecified atom stereocenters. The fraction of sp³-hybridized carbons (Fsp3) is 0.462. The first-order valence-electron chi connectivity index (χ1n) is 12.0. The molecule has 3 aromatic rings. The van der Waals surface area contributed by atoms with Crippen LogP contribution in [0.1, 0.15) is 62.4 Å². The van der Waals surface area contributed by atoms with Gasteiger partial charge in [0.25, 0.3) is 5.91 Å². The molecule has 0 radical (unpaired) electrons. The van der Waals surface area contributed by atoms with Gasteiger partial charge >= 0.3 is 0 Å². The summed E-state index contributed by atoms with van der Waals surface area (Å²) in [5, 5.41) is 39.8. The van der Waals surface area contributed by atoms with E-state index in [1.54, 1.807) is 23.6 Å². The Kier molecular flexibility index (Phi) is 6.98. The van der Waals surface area contributed by atoms with Gasteiger partial charge in [-0.2, -0.15) is 10.4 Å². The zero-order valence-electron chi connectivity index (χ0n) is 20.6. The van der Waals surface area contributed by atoms with Crippen molar-refractivity contribution in [3.63, 3.8) is 0 Å². The van der Waals surface area contributed by atoms with E-state index in [4.69, 9.17) is 5.26 Å². The summed E-state index contributed by atoms with van der Waals surface area (Å²) in [6.45, 7) is 4.14. The highest BCUT2D eigenvalue weighted by atomic mass is 19.1. The van der Waals surface area contributed by atoms with Crippen LogP contribution in [0.2, 0.25) is 0 Å². The van der Waals surface area contributed by atoms with Gasteiger partial charge in [-0.15, -0.1) is 0 Å². The summed E-state index contributed by atoms with van der Waals surface area (Å²) in [6, 6.07) is 9.12. The molecule has 3 heterocycles. The number of hydrogen-bond acceptors (Lipinski definition) is 7. The number of nitriles is 1. The number of rotatable bonds is 7. The van der Waals surface area contributed by atoms with Crippen LogP contribution in [0.4, 0.5) is 10.1 Å². The lowest BCUT2D eigenvalue weighted by Crippen LogP contribution is -2.42. The number of fused-ring (bicyclic) bond motifs is 1. The lowest BCUT2D eigenvalue weighted by molar-refractivity contribution is -0.00178. The highest BCUT2D eigenvalue weighted by Crippen LogP contribution is 2.32. The van der Waals surface area contributed by atoms with E-state index in [9.17, 15) is 19.4 Å². The molecule has 190 valence electrons. The Hall–Kier alpha value is -3.55. The van der Waals surface area contributed by atoms with E-state index in [-0.39, 0.29) is 18.2 Å². The number of hydrogen-bond donors (Lipinski definition) is 4. The van der Waals surface area contributed by atoms with Crippen LogP contribution < -0.4 is 10.6 Å². The number of aromatic nitrogens is 3. The molecule has 0 saturated heterocycles. The second-order valence-corrected chi connectivity index (χ2v) is 10.3. The van der Waals surface area contributed by atoms with E-state index in [1.807, 2.05) is 12.1 Å². The van der Waals surface area contributed by atoms with Crippen LogP contribution in [-0.2, 0) is 0 Å². The van der Waals surface area contributed by atoms with E-state index in [2.05, 4.69) is 26.8 Å². The number of nitrogens with one attached hydrogen (secondary N) is 2. The molecule has 4 N–H and O–H groups in total. The first kappa shape index (κ1) is 25.5. The van der Waals surface area contributed by atoms with Crippen molar-refractivity contribution in [1.82, 2.24) is 19.9 Å². The average Bonchev–Trinajstić information content (AvgIpc) is 3.24. The summed E-state index contributed by atoms with van der Waals surface area (Å²) in [7, 11) is 0. The van der Waals surface area contributed by atoms with Gasteiger partial charge in [-0.25, -0.2) is 8.91 Å². The van der Waals surface area contributed by atoms with Crippen molar-refractivity contribution >= 4 is 17.1 Å². The maximum absolute atomic E-state index is 14.2. The van der Waals surface area contributed by atoms with Crippen molar-refractivity contribution in [2.24, 2.45) is 0 Å². The summed E-state index contributed by atoms with van der Waals surface area (Å²) >= 11 is 0. The van der Waals surface area contributed by atoms with Gasteiger partial charge in [0.05, 0.1) is 57.7 Å². The third-order valence-electron chi connectivity index (χ3n) is 6.56. The monoisotopic (exact) mass is 494 g/mol. The summed E-state index contributed by atoms with van der Waals surface area (Å²) in [5.74, 6) is -0.525. The van der Waals surface area contributed by atoms with Crippen molar-refractivity contribution < 1.29 is 19.4 Å². The largest absolute Gasteiger partial charge is 0.390 e. The Balaban J connectivity index is 1.67. The predicted octanol–water partition coefficient (Wildman–Crippen LogP) is 3.21. The molecular formula is C26H31FN6O3. The minimum absolute atomic E-state index is 0.0683. The van der Waals surface area contributed by atoms with E-state index in [1.165, 1.54) is 26.2 Å². The molecule has 10 heteroatoms. The summed E-state index contributed by atoms with van der Waals surface area (Å²) < 4.78 is 15.9. The highest BCUT2D eigenvalue weighted by molar-refractivity contribution is 6.00. The molecule has 4 rings (SSSR count). The van der Waals surface area contributed by atoms with Gasteiger partial charge in [0, 0.05) is 12.2 Å². The van der Waals surface area contributed by atoms with Crippen molar-refractivity contribution in [2.75, 3.05) is 11.9 Å². The Morgan fingerprint density at radius 3 is 2.86 bits per heavy atom. The molecular weight excluding hydrogens is 463 g/mol. The molecule has 1 saturated carbocycles. The van der Waals surface area contributed by atoms with E-state index in [0.29, 0.717) is 35.5 Å². The van der Waals surface area contributed by atoms with Crippen molar-refractivity contribution in [1.29, 1.82) is 5.26 Å². The zero-order valence-corrected chi connectivity index (χ0v) is 20.6. The molecule has 0 bridgehead atoms. The van der Waals surface area contributed by atoms with Gasteiger partial charge < -0.3 is 20.8 Å². The molecule has 36 heavy (non-hydrogen) atoms. The zero-order chi connectivity index (χ0) is 26.1. The van der Waals surface area contributed by atoms with Crippen LogP contribution in [0.3, 0.4) is 0 Å². The average molecular weight is 495 g/mol. The summed E-state index contributed by atoms with van der Waals surface area (Å²) in [5.41, 5.74) is 0.734. The standard InChI is InChI=1S/C26H31FN6O3/c1-25(2,35)23(27)15-30-24(34)19-14-29-21(10-20(19)32-17-5-4-8-26(3,36)11-17)22-7-6-18-9-16(12-28)13-31-33(18)22/h6-7,9-10,13-14,17,23,35-36H,4-5,8,11,15H2,1-3H3,(H,29,32)(H,30,34)/t17?,23-,26?/m1/s1. The number of carbonyl (C=O) groups excluding carboxylic acids is 1. The molecule has 0 aliphatic heterocycles. The van der Waals surface area contributed by atoms with Crippen LogP contribution in [0.25, 0.3) is 16.9 Å². The Morgan fingerprint density at radius 2 is 2.17 bits per heavy atom. The van der Waals surface area contributed by atoms with Gasteiger partial charge in [0.15, 0.2) is 0 Å². The molecule has 1 aliphatic carbocycles. The second kappa shape index (κ2) is 9.84. The van der Waals surface area contributed by atoms with Gasteiger partial charge in [0.2, 0.25) is 0 Å². The number of nitrogens with zero attached hydrogens (tertiary/aromatic N) is 4. The summed E-state index contributed by atoms with van der Waals surface area (Å²) in [4.78, 5) is 17.5. The fourth-order valence-corrected chi connectivity index (χ4v) is 4.48. The quantitative estimate of drug-likeness (QED) is 0.396. The van der Waals surface area contributed by atoms with Crippen LogP contribution in [0, 0.1) is 11.3 Å². The smallest absolute Gasteiger partial charge is 0.255 e. The minimum Gasteiger partial charge on any atom is -0.390 e. The lowest BCUT2D eigenvalue weighted by atomic mass is 9.83. The molecule has 3 aromatic heterocycles. The van der Waals surface area contributed by atoms with Gasteiger partial charge in [-0.3, -0.25) is 9.78 Å². The van der Waals surface area contributed by atoms with E-state index < -0.39 is 23.3 Å².